The summed E-state index contributed by atoms with van der Waals surface area (Å²) in [6, 6.07) is 5.85. The molecule has 6 nitrogen and oxygen atoms in total. The Bertz CT molecular complexity index is 522. The fourth-order valence-electron chi connectivity index (χ4n) is 2.09. The number of hydrogen-bond acceptors (Lipinski definition) is 3. The molecule has 0 spiro atoms. The van der Waals surface area contributed by atoms with Crippen molar-refractivity contribution >= 4 is 5.91 Å². The molecular weight excluding hydrogens is 242 g/mol. The number of nitrogens with one attached hydrogen (secondary N) is 1. The minimum atomic E-state index is -0.969. The zero-order valence-corrected chi connectivity index (χ0v) is 11.5. The molecule has 1 rings (SSSR count). The maximum atomic E-state index is 11.8. The minimum Gasteiger partial charge on any atom is -0.368 e. The summed E-state index contributed by atoms with van der Waals surface area (Å²) < 4.78 is 0. The maximum absolute atomic E-state index is 11.8. The van der Waals surface area contributed by atoms with Crippen LogP contribution in [0.5, 0.6) is 0 Å². The zero-order valence-electron chi connectivity index (χ0n) is 11.5. The Morgan fingerprint density at radius 2 is 2.21 bits per heavy atom. The van der Waals surface area contributed by atoms with Gasteiger partial charge in [0.25, 0.3) is 0 Å². The predicted octanol–water partition coefficient (Wildman–Crippen LogP) is 1.90. The standard InChI is InChI=1S/C13H19N5O/c1-9-4-5-11(10(2)8-9)13(3,12(14)19)16-6-7-17-18-15/h4-5,8,16H,6-7H2,1-3H3,(H2,14,19). The highest BCUT2D eigenvalue weighted by Crippen LogP contribution is 2.24. The van der Waals surface area contributed by atoms with Gasteiger partial charge >= 0.3 is 0 Å². The SMILES string of the molecule is Cc1ccc(C(C)(NCCN=[N+]=[N-])C(N)=O)c(C)c1. The van der Waals surface area contributed by atoms with E-state index in [1.165, 1.54) is 0 Å². The summed E-state index contributed by atoms with van der Waals surface area (Å²) in [5.41, 5.74) is 15.7. The summed E-state index contributed by atoms with van der Waals surface area (Å²) >= 11 is 0. The molecule has 3 N–H and O–H groups in total. The molecule has 0 aliphatic carbocycles. The molecule has 19 heavy (non-hydrogen) atoms. The van der Waals surface area contributed by atoms with Gasteiger partial charge < -0.3 is 5.73 Å². The molecule has 102 valence electrons. The van der Waals surface area contributed by atoms with Crippen LogP contribution in [0, 0.1) is 13.8 Å². The van der Waals surface area contributed by atoms with Crippen LogP contribution in [-0.4, -0.2) is 19.0 Å². The fourth-order valence-corrected chi connectivity index (χ4v) is 2.09. The number of carbonyl (C=O) groups excluding carboxylic acids is 1. The Morgan fingerprint density at radius 3 is 2.74 bits per heavy atom. The Balaban J connectivity index is 3.04. The highest BCUT2D eigenvalue weighted by atomic mass is 16.1. The number of benzene rings is 1. The molecule has 0 aliphatic rings. The lowest BCUT2D eigenvalue weighted by molar-refractivity contribution is -0.124. The van der Waals surface area contributed by atoms with E-state index in [2.05, 4.69) is 15.3 Å². The van der Waals surface area contributed by atoms with Crippen LogP contribution < -0.4 is 11.1 Å². The molecule has 0 heterocycles. The zero-order chi connectivity index (χ0) is 14.5. The third-order valence-corrected chi connectivity index (χ3v) is 3.17. The molecule has 0 radical (unpaired) electrons. The van der Waals surface area contributed by atoms with Gasteiger partial charge in [-0.2, -0.15) is 0 Å². The molecule has 0 saturated carbocycles. The summed E-state index contributed by atoms with van der Waals surface area (Å²) in [5, 5.41) is 6.50. The number of azide groups is 1. The number of nitrogens with two attached hydrogens (primary N) is 1. The van der Waals surface area contributed by atoms with E-state index in [-0.39, 0.29) is 6.54 Å². The molecule has 0 saturated heterocycles. The number of hydrogen-bond donors (Lipinski definition) is 2. The lowest BCUT2D eigenvalue weighted by Crippen LogP contribution is -2.51. The van der Waals surface area contributed by atoms with Gasteiger partial charge in [-0.25, -0.2) is 0 Å². The van der Waals surface area contributed by atoms with Gasteiger partial charge in [0.15, 0.2) is 0 Å². The molecule has 1 aromatic rings. The van der Waals surface area contributed by atoms with Gasteiger partial charge in [0.2, 0.25) is 5.91 Å². The lowest BCUT2D eigenvalue weighted by atomic mass is 9.87. The van der Waals surface area contributed by atoms with Gasteiger partial charge in [0.05, 0.1) is 0 Å². The van der Waals surface area contributed by atoms with Crippen molar-refractivity contribution in [2.75, 3.05) is 13.1 Å². The van der Waals surface area contributed by atoms with E-state index in [1.54, 1.807) is 6.92 Å². The Kier molecular flexibility index (Phi) is 4.92. The molecule has 1 amide bonds. The normalized spacial score (nSPS) is 13.4. The van der Waals surface area contributed by atoms with Crippen LogP contribution in [0.4, 0.5) is 0 Å². The second-order valence-corrected chi connectivity index (χ2v) is 4.69. The van der Waals surface area contributed by atoms with Gasteiger partial charge in [0, 0.05) is 18.0 Å². The van der Waals surface area contributed by atoms with Crippen molar-refractivity contribution in [3.05, 3.63) is 45.3 Å². The van der Waals surface area contributed by atoms with E-state index in [9.17, 15) is 4.79 Å². The molecule has 1 aromatic carbocycles. The van der Waals surface area contributed by atoms with E-state index < -0.39 is 11.4 Å². The van der Waals surface area contributed by atoms with E-state index in [4.69, 9.17) is 11.3 Å². The Labute approximate surface area is 112 Å². The number of rotatable bonds is 6. The first kappa shape index (κ1) is 15.0. The number of nitrogens with zero attached hydrogens (tertiary/aromatic N) is 3. The first-order valence-corrected chi connectivity index (χ1v) is 6.05. The molecule has 0 bridgehead atoms. The molecule has 0 fully saturated rings. The molecule has 0 aromatic heterocycles. The summed E-state index contributed by atoms with van der Waals surface area (Å²) in [5.74, 6) is -0.458. The van der Waals surface area contributed by atoms with Gasteiger partial charge in [-0.05, 0) is 37.4 Å². The molecule has 6 heteroatoms. The van der Waals surface area contributed by atoms with Crippen molar-refractivity contribution in [1.82, 2.24) is 5.32 Å². The summed E-state index contributed by atoms with van der Waals surface area (Å²) in [6.45, 7) is 6.33. The summed E-state index contributed by atoms with van der Waals surface area (Å²) in [6.07, 6.45) is 0. The van der Waals surface area contributed by atoms with E-state index in [1.807, 2.05) is 32.0 Å². The smallest absolute Gasteiger partial charge is 0.242 e. The Morgan fingerprint density at radius 1 is 1.53 bits per heavy atom. The molecule has 0 aliphatic heterocycles. The highest BCUT2D eigenvalue weighted by Gasteiger charge is 2.33. The van der Waals surface area contributed by atoms with Crippen LogP contribution in [0.25, 0.3) is 10.4 Å². The predicted molar refractivity (Wildman–Crippen MR) is 74.5 cm³/mol. The average molecular weight is 261 g/mol. The minimum absolute atomic E-state index is 0.268. The van der Waals surface area contributed by atoms with Crippen LogP contribution in [0.2, 0.25) is 0 Å². The van der Waals surface area contributed by atoms with Crippen molar-refractivity contribution in [3.8, 4) is 0 Å². The summed E-state index contributed by atoms with van der Waals surface area (Å²) in [4.78, 5) is 14.4. The number of primary amides is 1. The lowest BCUT2D eigenvalue weighted by Gasteiger charge is -2.29. The quantitative estimate of drug-likeness (QED) is 0.353. The third-order valence-electron chi connectivity index (χ3n) is 3.17. The van der Waals surface area contributed by atoms with E-state index in [0.29, 0.717) is 6.54 Å². The first-order valence-electron chi connectivity index (χ1n) is 6.05. The van der Waals surface area contributed by atoms with Gasteiger partial charge in [-0.15, -0.1) is 0 Å². The average Bonchev–Trinajstić information content (AvgIpc) is 2.34. The highest BCUT2D eigenvalue weighted by molar-refractivity contribution is 5.86. The first-order chi connectivity index (χ1) is 8.91. The number of amides is 1. The van der Waals surface area contributed by atoms with Crippen LogP contribution in [0.3, 0.4) is 0 Å². The largest absolute Gasteiger partial charge is 0.368 e. The van der Waals surface area contributed by atoms with Crippen LogP contribution >= 0.6 is 0 Å². The Hall–Kier alpha value is -2.04. The van der Waals surface area contributed by atoms with Crippen molar-refractivity contribution in [2.24, 2.45) is 10.8 Å². The van der Waals surface area contributed by atoms with Crippen molar-refractivity contribution in [3.63, 3.8) is 0 Å². The van der Waals surface area contributed by atoms with Crippen LogP contribution in [0.15, 0.2) is 23.3 Å². The number of aryl methyl sites for hydroxylation is 2. The maximum Gasteiger partial charge on any atom is 0.242 e. The van der Waals surface area contributed by atoms with Crippen LogP contribution in [-0.2, 0) is 10.3 Å². The van der Waals surface area contributed by atoms with Crippen molar-refractivity contribution in [2.45, 2.75) is 26.3 Å². The van der Waals surface area contributed by atoms with Crippen molar-refractivity contribution in [1.29, 1.82) is 0 Å². The van der Waals surface area contributed by atoms with Gasteiger partial charge in [-0.1, -0.05) is 28.9 Å². The second-order valence-electron chi connectivity index (χ2n) is 4.69. The number of carbonyl (C=O) groups is 1. The monoisotopic (exact) mass is 261 g/mol. The van der Waals surface area contributed by atoms with E-state index in [0.717, 1.165) is 16.7 Å². The summed E-state index contributed by atoms with van der Waals surface area (Å²) in [7, 11) is 0. The molecular formula is C13H19N5O. The molecule has 1 atom stereocenters. The topological polar surface area (TPSA) is 104 Å². The van der Waals surface area contributed by atoms with Crippen molar-refractivity contribution < 1.29 is 4.79 Å². The van der Waals surface area contributed by atoms with Crippen LogP contribution in [0.1, 0.15) is 23.6 Å². The van der Waals surface area contributed by atoms with Gasteiger partial charge in [-0.3, -0.25) is 10.1 Å². The third kappa shape index (κ3) is 3.47. The fraction of sp³-hybridized carbons (Fsp3) is 0.462. The second kappa shape index (κ2) is 6.22. The van der Waals surface area contributed by atoms with E-state index >= 15 is 0 Å². The molecule has 1 unspecified atom stereocenters. The van der Waals surface area contributed by atoms with Gasteiger partial charge in [0.1, 0.15) is 5.54 Å².